The van der Waals surface area contributed by atoms with E-state index in [2.05, 4.69) is 6.07 Å². The zero-order valence-corrected chi connectivity index (χ0v) is 13.4. The van der Waals surface area contributed by atoms with Crippen molar-refractivity contribution in [3.05, 3.63) is 35.4 Å². The van der Waals surface area contributed by atoms with Crippen LogP contribution in [0, 0.1) is 11.3 Å². The maximum Gasteiger partial charge on any atom is 0.232 e. The normalized spacial score (nSPS) is 15.4. The van der Waals surface area contributed by atoms with Crippen LogP contribution in [0.2, 0.25) is 0 Å². The molecule has 1 saturated carbocycles. The Kier molecular flexibility index (Phi) is 6.13. The van der Waals surface area contributed by atoms with Crippen molar-refractivity contribution < 1.29 is 4.79 Å². The molecule has 0 saturated heterocycles. The van der Waals surface area contributed by atoms with Crippen molar-refractivity contribution in [2.75, 3.05) is 12.8 Å². The number of rotatable bonds is 5. The van der Waals surface area contributed by atoms with Gasteiger partial charge in [0.25, 0.3) is 0 Å². The molecule has 112 valence electrons. The van der Waals surface area contributed by atoms with E-state index in [1.165, 1.54) is 19.3 Å². The fraction of sp³-hybridized carbons (Fsp3) is 0.529. The molecule has 2 rings (SSSR count). The Hall–Kier alpha value is -1.47. The average Bonchev–Trinajstić information content (AvgIpc) is 2.55. The Morgan fingerprint density at radius 1 is 1.33 bits per heavy atom. The maximum absolute atomic E-state index is 12.2. The molecule has 1 aromatic rings. The Morgan fingerprint density at radius 2 is 2.05 bits per heavy atom. The van der Waals surface area contributed by atoms with Gasteiger partial charge < -0.3 is 4.90 Å². The van der Waals surface area contributed by atoms with E-state index in [0.717, 1.165) is 18.4 Å². The second-order valence-corrected chi connectivity index (χ2v) is 6.54. The molecule has 0 unspecified atom stereocenters. The number of hydrogen-bond donors (Lipinski definition) is 0. The summed E-state index contributed by atoms with van der Waals surface area (Å²) in [5.41, 5.74) is 1.72. The van der Waals surface area contributed by atoms with Crippen LogP contribution >= 0.6 is 11.8 Å². The highest BCUT2D eigenvalue weighted by molar-refractivity contribution is 7.99. The number of nitriles is 1. The third-order valence-corrected chi connectivity index (χ3v) is 5.10. The highest BCUT2D eigenvalue weighted by atomic mass is 32.2. The largest absolute Gasteiger partial charge is 0.342 e. The van der Waals surface area contributed by atoms with Crippen LogP contribution in [-0.2, 0) is 10.5 Å². The van der Waals surface area contributed by atoms with Gasteiger partial charge in [0.05, 0.1) is 17.4 Å². The van der Waals surface area contributed by atoms with Crippen molar-refractivity contribution in [1.82, 2.24) is 4.90 Å². The molecule has 1 fully saturated rings. The predicted molar refractivity (Wildman–Crippen MR) is 87.0 cm³/mol. The number of nitrogens with zero attached hydrogens (tertiary/aromatic N) is 2. The summed E-state index contributed by atoms with van der Waals surface area (Å²) in [6, 6.07) is 10.2. The molecule has 3 nitrogen and oxygen atoms in total. The van der Waals surface area contributed by atoms with Crippen LogP contribution in [0.25, 0.3) is 0 Å². The lowest BCUT2D eigenvalue weighted by molar-refractivity contribution is -0.129. The summed E-state index contributed by atoms with van der Waals surface area (Å²) < 4.78 is 0. The molecule has 21 heavy (non-hydrogen) atoms. The van der Waals surface area contributed by atoms with E-state index in [1.54, 1.807) is 11.8 Å². The summed E-state index contributed by atoms with van der Waals surface area (Å²) in [5, 5.41) is 9.05. The van der Waals surface area contributed by atoms with Crippen LogP contribution in [0.5, 0.6) is 0 Å². The summed E-state index contributed by atoms with van der Waals surface area (Å²) in [5.74, 6) is 1.42. The first-order chi connectivity index (χ1) is 10.2. The third-order valence-electron chi connectivity index (χ3n) is 4.14. The standard InChI is InChI=1S/C17H22N2OS/c1-19(16-9-3-2-4-10-16)17(20)13-21-12-15-8-6-5-7-14(15)11-18/h5-8,16H,2-4,9-10,12-13H2,1H3. The first kappa shape index (κ1) is 15.9. The lowest BCUT2D eigenvalue weighted by Gasteiger charge is -2.31. The zero-order valence-electron chi connectivity index (χ0n) is 12.5. The molecule has 1 aromatic carbocycles. The minimum Gasteiger partial charge on any atom is -0.342 e. The van der Waals surface area contributed by atoms with Gasteiger partial charge in [-0.05, 0) is 24.5 Å². The monoisotopic (exact) mass is 302 g/mol. The lowest BCUT2D eigenvalue weighted by Crippen LogP contribution is -2.39. The molecule has 1 aliphatic carbocycles. The summed E-state index contributed by atoms with van der Waals surface area (Å²) in [7, 11) is 1.93. The number of hydrogen-bond acceptors (Lipinski definition) is 3. The first-order valence-corrected chi connectivity index (χ1v) is 8.69. The van der Waals surface area contributed by atoms with E-state index in [4.69, 9.17) is 5.26 Å². The SMILES string of the molecule is CN(C(=O)CSCc1ccccc1C#N)C1CCCCC1. The number of carbonyl (C=O) groups is 1. The van der Waals surface area contributed by atoms with Gasteiger partial charge in [0.1, 0.15) is 0 Å². The summed E-state index contributed by atoms with van der Waals surface area (Å²) in [6.45, 7) is 0. The molecule has 0 bridgehead atoms. The second kappa shape index (κ2) is 8.09. The van der Waals surface area contributed by atoms with Crippen LogP contribution in [0.1, 0.15) is 43.2 Å². The predicted octanol–water partition coefficient (Wildman–Crippen LogP) is 3.58. The minimum absolute atomic E-state index is 0.210. The van der Waals surface area contributed by atoms with Gasteiger partial charge in [-0.1, -0.05) is 37.5 Å². The second-order valence-electron chi connectivity index (χ2n) is 5.56. The smallest absolute Gasteiger partial charge is 0.232 e. The quantitative estimate of drug-likeness (QED) is 0.835. The van der Waals surface area contributed by atoms with Gasteiger partial charge in [-0.2, -0.15) is 5.26 Å². The van der Waals surface area contributed by atoms with E-state index < -0.39 is 0 Å². The Labute approximate surface area is 131 Å². The van der Waals surface area contributed by atoms with E-state index in [9.17, 15) is 4.79 Å². The van der Waals surface area contributed by atoms with Crippen molar-refractivity contribution >= 4 is 17.7 Å². The van der Waals surface area contributed by atoms with E-state index in [1.807, 2.05) is 36.2 Å². The van der Waals surface area contributed by atoms with Crippen molar-refractivity contribution in [2.24, 2.45) is 0 Å². The molecule has 0 spiro atoms. The lowest BCUT2D eigenvalue weighted by atomic mass is 9.94. The molecule has 1 aliphatic rings. The van der Waals surface area contributed by atoms with Gasteiger partial charge in [-0.3, -0.25) is 4.79 Å². The van der Waals surface area contributed by atoms with Gasteiger partial charge in [0, 0.05) is 18.8 Å². The topological polar surface area (TPSA) is 44.1 Å². The van der Waals surface area contributed by atoms with Crippen molar-refractivity contribution in [1.29, 1.82) is 5.26 Å². The number of amides is 1. The fourth-order valence-corrected chi connectivity index (χ4v) is 3.73. The van der Waals surface area contributed by atoms with Gasteiger partial charge in [-0.15, -0.1) is 11.8 Å². The van der Waals surface area contributed by atoms with Gasteiger partial charge >= 0.3 is 0 Å². The van der Waals surface area contributed by atoms with Crippen molar-refractivity contribution in [3.63, 3.8) is 0 Å². The Balaban J connectivity index is 1.80. The summed E-state index contributed by atoms with van der Waals surface area (Å²) in [6.07, 6.45) is 6.07. The fourth-order valence-electron chi connectivity index (χ4n) is 2.78. The minimum atomic E-state index is 0.210. The molecule has 0 aliphatic heterocycles. The number of benzene rings is 1. The van der Waals surface area contributed by atoms with E-state index in [0.29, 0.717) is 23.1 Å². The molecule has 4 heteroatoms. The van der Waals surface area contributed by atoms with Crippen LogP contribution in [0.4, 0.5) is 0 Å². The van der Waals surface area contributed by atoms with Gasteiger partial charge in [0.2, 0.25) is 5.91 Å². The van der Waals surface area contributed by atoms with E-state index >= 15 is 0 Å². The van der Waals surface area contributed by atoms with Crippen LogP contribution < -0.4 is 0 Å². The van der Waals surface area contributed by atoms with Crippen molar-refractivity contribution in [2.45, 2.75) is 43.9 Å². The Bertz CT molecular complexity index is 518. The molecule has 0 heterocycles. The highest BCUT2D eigenvalue weighted by Crippen LogP contribution is 2.23. The first-order valence-electron chi connectivity index (χ1n) is 7.54. The van der Waals surface area contributed by atoms with Crippen LogP contribution in [-0.4, -0.2) is 29.6 Å². The molecule has 0 radical (unpaired) electrons. The van der Waals surface area contributed by atoms with Gasteiger partial charge in [-0.25, -0.2) is 0 Å². The summed E-state index contributed by atoms with van der Waals surface area (Å²) in [4.78, 5) is 14.2. The van der Waals surface area contributed by atoms with Crippen LogP contribution in [0.15, 0.2) is 24.3 Å². The molecule has 0 aromatic heterocycles. The van der Waals surface area contributed by atoms with Crippen molar-refractivity contribution in [3.8, 4) is 6.07 Å². The molecular weight excluding hydrogens is 280 g/mol. The molecular formula is C17H22N2OS. The van der Waals surface area contributed by atoms with Crippen LogP contribution in [0.3, 0.4) is 0 Å². The number of carbonyl (C=O) groups excluding carboxylic acids is 1. The average molecular weight is 302 g/mol. The van der Waals surface area contributed by atoms with E-state index in [-0.39, 0.29) is 5.91 Å². The number of thioether (sulfide) groups is 1. The maximum atomic E-state index is 12.2. The third kappa shape index (κ3) is 4.50. The molecule has 0 N–H and O–H groups in total. The Morgan fingerprint density at radius 3 is 2.76 bits per heavy atom. The molecule has 1 amide bonds. The summed E-state index contributed by atoms with van der Waals surface area (Å²) >= 11 is 1.59. The molecule has 0 atom stereocenters. The zero-order chi connectivity index (χ0) is 15.1. The van der Waals surface area contributed by atoms with Gasteiger partial charge in [0.15, 0.2) is 0 Å². The highest BCUT2D eigenvalue weighted by Gasteiger charge is 2.21.